The van der Waals surface area contributed by atoms with Gasteiger partial charge in [-0.3, -0.25) is 9.79 Å². The highest BCUT2D eigenvalue weighted by Gasteiger charge is 2.47. The molecule has 3 heterocycles. The molecule has 5 rings (SSSR count). The van der Waals surface area contributed by atoms with Crippen LogP contribution in [-0.4, -0.2) is 35.4 Å². The Hall–Kier alpha value is -1.94. The number of nitrogens with zero attached hydrogens (tertiary/aromatic N) is 3. The topological polar surface area (TPSA) is 57.6 Å². The molecule has 180 valence electrons. The number of pyridine rings is 1. The number of aliphatic imine (C=N–C) groups is 1. The van der Waals surface area contributed by atoms with E-state index in [0.717, 1.165) is 40.8 Å². The molecule has 1 saturated heterocycles. The molecule has 1 saturated carbocycles. The Morgan fingerprint density at radius 2 is 1.88 bits per heavy atom. The molecule has 1 aromatic heterocycles. The number of carbonyl (C=O) groups excluding carboxylic acids is 1. The predicted octanol–water partition coefficient (Wildman–Crippen LogP) is 5.94. The van der Waals surface area contributed by atoms with Crippen molar-refractivity contribution in [1.29, 1.82) is 0 Å². The predicted molar refractivity (Wildman–Crippen MR) is 131 cm³/mol. The van der Waals surface area contributed by atoms with Crippen LogP contribution in [0.25, 0.3) is 0 Å². The third kappa shape index (κ3) is 4.27. The molecule has 2 fully saturated rings. The molecule has 1 spiro atoms. The highest BCUT2D eigenvalue weighted by molar-refractivity contribution is 9.10. The number of halogens is 5. The maximum Gasteiger partial charge on any atom is 0.433 e. The largest absolute Gasteiger partial charge is 0.433 e. The zero-order chi connectivity index (χ0) is 24.1. The van der Waals surface area contributed by atoms with Crippen LogP contribution in [0.15, 0.2) is 39.8 Å². The van der Waals surface area contributed by atoms with Crippen molar-refractivity contribution in [1.82, 2.24) is 10.3 Å². The van der Waals surface area contributed by atoms with Gasteiger partial charge in [-0.1, -0.05) is 44.3 Å². The molecular weight excluding hydrogens is 577 g/mol. The number of hydrogen-bond donors (Lipinski definition) is 1. The fraction of sp³-hybridized carbons (Fsp3) is 0.458. The Balaban J connectivity index is 1.42. The zero-order valence-electron chi connectivity index (χ0n) is 18.3. The molecule has 0 atom stereocenters. The number of carbonyl (C=O) groups is 1. The average Bonchev–Trinajstić information content (AvgIpc) is 3.08. The molecule has 34 heavy (non-hydrogen) atoms. The van der Waals surface area contributed by atoms with Crippen molar-refractivity contribution >= 4 is 49.3 Å². The van der Waals surface area contributed by atoms with E-state index in [1.807, 2.05) is 6.07 Å². The Labute approximate surface area is 212 Å². The van der Waals surface area contributed by atoms with Crippen LogP contribution in [0.2, 0.25) is 0 Å². The van der Waals surface area contributed by atoms with Gasteiger partial charge in [0.2, 0.25) is 0 Å². The number of nitrogens with one attached hydrogen (secondary N) is 1. The van der Waals surface area contributed by atoms with Crippen molar-refractivity contribution in [3.63, 3.8) is 0 Å². The Morgan fingerprint density at radius 3 is 2.50 bits per heavy atom. The van der Waals surface area contributed by atoms with E-state index >= 15 is 0 Å². The van der Waals surface area contributed by atoms with Gasteiger partial charge in [0.25, 0.3) is 5.91 Å². The molecule has 2 aliphatic heterocycles. The van der Waals surface area contributed by atoms with Crippen LogP contribution in [0, 0.1) is 0 Å². The summed E-state index contributed by atoms with van der Waals surface area (Å²) in [6.07, 6.45) is -0.887. The van der Waals surface area contributed by atoms with E-state index in [2.05, 4.69) is 59.2 Å². The van der Waals surface area contributed by atoms with E-state index in [4.69, 9.17) is 4.99 Å². The number of rotatable bonds is 4. The van der Waals surface area contributed by atoms with Crippen molar-refractivity contribution < 1.29 is 18.0 Å². The minimum absolute atomic E-state index is 0.0329. The van der Waals surface area contributed by atoms with E-state index in [-0.39, 0.29) is 11.8 Å². The van der Waals surface area contributed by atoms with Gasteiger partial charge in [-0.15, -0.1) is 0 Å². The van der Waals surface area contributed by atoms with Gasteiger partial charge in [0.05, 0.1) is 5.69 Å². The number of piperidine rings is 1. The first-order valence-electron chi connectivity index (χ1n) is 11.3. The molecule has 1 amide bonds. The van der Waals surface area contributed by atoms with Gasteiger partial charge in [0, 0.05) is 40.1 Å². The summed E-state index contributed by atoms with van der Waals surface area (Å²) in [6, 6.07) is 8.55. The minimum atomic E-state index is -4.51. The number of amides is 1. The van der Waals surface area contributed by atoms with Gasteiger partial charge >= 0.3 is 6.18 Å². The maximum absolute atomic E-state index is 13.3. The molecule has 3 aliphatic rings. The third-order valence-corrected chi connectivity index (χ3v) is 8.16. The van der Waals surface area contributed by atoms with Gasteiger partial charge in [-0.05, 0) is 55.5 Å². The number of hydrogen-bond acceptors (Lipinski definition) is 4. The number of aromatic nitrogens is 1. The van der Waals surface area contributed by atoms with E-state index in [1.54, 1.807) is 0 Å². The highest BCUT2D eigenvalue weighted by Crippen LogP contribution is 2.41. The van der Waals surface area contributed by atoms with Crippen LogP contribution in [-0.2, 0) is 16.3 Å². The summed E-state index contributed by atoms with van der Waals surface area (Å²) >= 11 is 7.08. The number of benzene rings is 1. The number of anilines is 1. The van der Waals surface area contributed by atoms with Gasteiger partial charge in [0.1, 0.15) is 17.1 Å². The first-order valence-corrected chi connectivity index (χ1v) is 13.2. The summed E-state index contributed by atoms with van der Waals surface area (Å²) in [5, 5.41) is 3.60. The third-order valence-electron chi connectivity index (χ3n) is 7.07. The summed E-state index contributed by atoms with van der Waals surface area (Å²) in [7, 11) is 0. The van der Waals surface area contributed by atoms with Gasteiger partial charge in [-0.25, -0.2) is 4.98 Å². The Kier molecular flexibility index (Phi) is 6.25. The molecule has 1 aromatic carbocycles. The van der Waals surface area contributed by atoms with Crippen LogP contribution in [0.3, 0.4) is 0 Å². The van der Waals surface area contributed by atoms with Gasteiger partial charge in [-0.2, -0.15) is 13.2 Å². The monoisotopic (exact) mass is 598 g/mol. The van der Waals surface area contributed by atoms with E-state index < -0.39 is 17.4 Å². The van der Waals surface area contributed by atoms with Crippen molar-refractivity contribution in [2.45, 2.75) is 55.1 Å². The zero-order valence-corrected chi connectivity index (χ0v) is 21.4. The summed E-state index contributed by atoms with van der Waals surface area (Å²) in [4.78, 5) is 24.1. The van der Waals surface area contributed by atoms with Crippen LogP contribution in [0.4, 0.5) is 18.9 Å². The lowest BCUT2D eigenvalue weighted by Gasteiger charge is -2.37. The molecule has 0 bridgehead atoms. The Morgan fingerprint density at radius 1 is 1.15 bits per heavy atom. The summed E-state index contributed by atoms with van der Waals surface area (Å²) in [6.45, 7) is 1.31. The van der Waals surface area contributed by atoms with Gasteiger partial charge < -0.3 is 10.2 Å². The van der Waals surface area contributed by atoms with Crippen molar-refractivity contribution in [3.05, 3.63) is 57.3 Å². The fourth-order valence-electron chi connectivity index (χ4n) is 4.87. The number of alkyl halides is 4. The van der Waals surface area contributed by atoms with Crippen molar-refractivity contribution in [2.75, 3.05) is 18.0 Å². The standard InChI is InChI=1S/C24H23Br2F3N4O/c25-13-15-4-5-16(26)12-18(15)33-10-8-23(9-11-33)22(34)31-21(32-23)17-6-7-19(24(27,28)29)30-20(17)14-2-1-3-14/h4-7,12,14H,1-3,8-11,13H2,(H,31,32,34). The molecule has 0 unspecified atom stereocenters. The van der Waals surface area contributed by atoms with Crippen LogP contribution < -0.4 is 10.2 Å². The van der Waals surface area contributed by atoms with E-state index in [0.29, 0.717) is 43.0 Å². The van der Waals surface area contributed by atoms with E-state index in [9.17, 15) is 18.0 Å². The second-order valence-electron chi connectivity index (χ2n) is 9.09. The van der Waals surface area contributed by atoms with Crippen LogP contribution >= 0.6 is 31.9 Å². The fourth-order valence-corrected chi connectivity index (χ4v) is 5.69. The first-order chi connectivity index (χ1) is 16.2. The van der Waals surface area contributed by atoms with Crippen LogP contribution in [0.1, 0.15) is 60.5 Å². The summed E-state index contributed by atoms with van der Waals surface area (Å²) in [5.41, 5.74) is 1.39. The van der Waals surface area contributed by atoms with Crippen LogP contribution in [0.5, 0.6) is 0 Å². The number of amidine groups is 1. The molecule has 0 radical (unpaired) electrons. The first kappa shape index (κ1) is 23.8. The lowest BCUT2D eigenvalue weighted by atomic mass is 9.80. The lowest BCUT2D eigenvalue weighted by Crippen LogP contribution is -2.49. The SMILES string of the molecule is O=C1NC(c2ccc(C(F)(F)F)nc2C2CCC2)=NC12CCN(c1cc(Br)ccc1CBr)CC2. The van der Waals surface area contributed by atoms with Crippen molar-refractivity contribution in [2.24, 2.45) is 4.99 Å². The van der Waals surface area contributed by atoms with Gasteiger partial charge in [0.15, 0.2) is 0 Å². The summed E-state index contributed by atoms with van der Waals surface area (Å²) in [5.74, 6) is 0.135. The van der Waals surface area contributed by atoms with E-state index in [1.165, 1.54) is 11.6 Å². The smallest absolute Gasteiger partial charge is 0.371 e. The molecule has 1 aliphatic carbocycles. The van der Waals surface area contributed by atoms with Crippen molar-refractivity contribution in [3.8, 4) is 0 Å². The highest BCUT2D eigenvalue weighted by atomic mass is 79.9. The second-order valence-corrected chi connectivity index (χ2v) is 10.6. The molecular formula is C24H23Br2F3N4O. The normalized spacial score (nSPS) is 20.3. The minimum Gasteiger partial charge on any atom is -0.371 e. The second kappa shape index (κ2) is 8.93. The quantitative estimate of drug-likeness (QED) is 0.443. The lowest BCUT2D eigenvalue weighted by molar-refractivity contribution is -0.141. The molecule has 1 N–H and O–H groups in total. The summed E-state index contributed by atoms with van der Waals surface area (Å²) < 4.78 is 40.9. The Bertz CT molecular complexity index is 1160. The molecule has 2 aromatic rings. The maximum atomic E-state index is 13.3. The molecule has 5 nitrogen and oxygen atoms in total. The average molecular weight is 600 g/mol. The molecule has 10 heteroatoms.